The van der Waals surface area contributed by atoms with Crippen molar-refractivity contribution < 1.29 is 28.0 Å². The number of hydrogen-bond donors (Lipinski definition) is 3. The number of nitro groups is 1. The second-order valence-corrected chi connectivity index (χ2v) is 5.52. The number of benzene rings is 1. The summed E-state index contributed by atoms with van der Waals surface area (Å²) in [4.78, 5) is 30.8. The Balaban J connectivity index is 2.74. The third-order valence-corrected chi connectivity index (χ3v) is 3.60. The Morgan fingerprint density at radius 2 is 1.95 bits per heavy atom. The summed E-state index contributed by atoms with van der Waals surface area (Å²) in [5.41, 5.74) is -0.409. The van der Waals surface area contributed by atoms with Crippen molar-refractivity contribution in [3.8, 4) is 0 Å². The number of carboxylic acids is 1. The summed E-state index contributed by atoms with van der Waals surface area (Å²) >= 11 is 0. The maximum atomic E-state index is 11.8. The van der Waals surface area contributed by atoms with Gasteiger partial charge in [-0.15, -0.1) is 0 Å². The Morgan fingerprint density at radius 1 is 1.29 bits per heavy atom. The maximum absolute atomic E-state index is 11.8. The van der Waals surface area contributed by atoms with Crippen molar-refractivity contribution >= 4 is 27.6 Å². The molecule has 11 heteroatoms. The number of amides is 1. The van der Waals surface area contributed by atoms with Gasteiger partial charge in [-0.2, -0.15) is 0 Å². The molecule has 1 amide bonds. The summed E-state index contributed by atoms with van der Waals surface area (Å²) in [5.74, 6) is -2.11. The fourth-order valence-corrected chi connectivity index (χ4v) is 2.27. The fraction of sp³-hybridized carbons (Fsp3) is 0.200. The summed E-state index contributed by atoms with van der Waals surface area (Å²) in [6.07, 6.45) is 0. The first-order valence-electron chi connectivity index (χ1n) is 5.45. The molecular formula is C10H11N3O7S. The van der Waals surface area contributed by atoms with E-state index in [0.717, 1.165) is 18.2 Å². The highest BCUT2D eigenvalue weighted by Crippen LogP contribution is 2.16. The van der Waals surface area contributed by atoms with E-state index < -0.39 is 45.6 Å². The monoisotopic (exact) mass is 317 g/mol. The van der Waals surface area contributed by atoms with E-state index in [1.807, 2.05) is 10.0 Å². The van der Waals surface area contributed by atoms with Crippen LogP contribution in [0.25, 0.3) is 0 Å². The Morgan fingerprint density at radius 3 is 2.52 bits per heavy atom. The van der Waals surface area contributed by atoms with Crippen LogP contribution in [0.2, 0.25) is 0 Å². The van der Waals surface area contributed by atoms with Gasteiger partial charge >= 0.3 is 5.97 Å². The van der Waals surface area contributed by atoms with E-state index >= 15 is 0 Å². The first-order chi connectivity index (χ1) is 9.72. The molecule has 1 rings (SSSR count). The van der Waals surface area contributed by atoms with Gasteiger partial charge in [0, 0.05) is 12.1 Å². The number of aliphatic carboxylic acids is 1. The highest BCUT2D eigenvalue weighted by molar-refractivity contribution is 7.89. The molecule has 0 aromatic heterocycles. The topological polar surface area (TPSA) is 156 Å². The van der Waals surface area contributed by atoms with E-state index in [-0.39, 0.29) is 4.90 Å². The van der Waals surface area contributed by atoms with Gasteiger partial charge in [-0.3, -0.25) is 19.7 Å². The zero-order valence-electron chi connectivity index (χ0n) is 10.5. The highest BCUT2D eigenvalue weighted by Gasteiger charge is 2.18. The number of nitrogens with zero attached hydrogens (tertiary/aromatic N) is 1. The fourth-order valence-electron chi connectivity index (χ4n) is 1.24. The first kappa shape index (κ1) is 16.5. The normalized spacial score (nSPS) is 10.9. The van der Waals surface area contributed by atoms with Gasteiger partial charge in [0.05, 0.1) is 16.4 Å². The molecule has 3 N–H and O–H groups in total. The van der Waals surface area contributed by atoms with Gasteiger partial charge in [0.1, 0.15) is 6.54 Å². The van der Waals surface area contributed by atoms with Crippen LogP contribution in [0.5, 0.6) is 0 Å². The third-order valence-electron chi connectivity index (χ3n) is 2.20. The summed E-state index contributed by atoms with van der Waals surface area (Å²) < 4.78 is 25.5. The molecule has 1 aromatic rings. The number of nitrogens with one attached hydrogen (secondary N) is 2. The quantitative estimate of drug-likeness (QED) is 0.433. The van der Waals surface area contributed by atoms with Crippen molar-refractivity contribution in [3.63, 3.8) is 0 Å². The van der Waals surface area contributed by atoms with Crippen molar-refractivity contribution in [2.45, 2.75) is 4.90 Å². The molecule has 0 spiro atoms. The molecule has 0 aliphatic carbocycles. The molecule has 0 atom stereocenters. The minimum atomic E-state index is -4.11. The summed E-state index contributed by atoms with van der Waals surface area (Å²) in [6.45, 7) is -1.32. The van der Waals surface area contributed by atoms with Gasteiger partial charge < -0.3 is 10.4 Å². The molecule has 0 saturated heterocycles. The lowest BCUT2D eigenvalue weighted by molar-refractivity contribution is -0.385. The molecule has 0 aliphatic rings. The number of nitro benzene ring substituents is 1. The smallest absolute Gasteiger partial charge is 0.322 e. The van der Waals surface area contributed by atoms with E-state index in [4.69, 9.17) is 5.11 Å². The molecule has 0 aliphatic heterocycles. The number of non-ortho nitro benzene ring substituents is 1. The Bertz CT molecular complexity index is 671. The summed E-state index contributed by atoms with van der Waals surface area (Å²) in [5, 5.41) is 20.9. The Labute approximate surface area is 119 Å². The van der Waals surface area contributed by atoms with Crippen molar-refractivity contribution in [3.05, 3.63) is 34.4 Å². The lowest BCUT2D eigenvalue weighted by Crippen LogP contribution is -2.38. The van der Waals surface area contributed by atoms with Gasteiger partial charge in [0.25, 0.3) is 5.69 Å². The Hall–Kier alpha value is -2.53. The minimum Gasteiger partial charge on any atom is -0.480 e. The molecule has 0 unspecified atom stereocenters. The van der Waals surface area contributed by atoms with Gasteiger partial charge in [0.2, 0.25) is 15.9 Å². The number of carbonyl (C=O) groups excluding carboxylic acids is 1. The van der Waals surface area contributed by atoms with Crippen LogP contribution in [0.1, 0.15) is 0 Å². The summed E-state index contributed by atoms with van der Waals surface area (Å²) in [6, 6.07) is 4.29. The van der Waals surface area contributed by atoms with Crippen LogP contribution in [-0.2, 0) is 19.6 Å². The van der Waals surface area contributed by atoms with E-state index in [0.29, 0.717) is 0 Å². The molecule has 21 heavy (non-hydrogen) atoms. The molecule has 10 nitrogen and oxygen atoms in total. The molecule has 0 heterocycles. The van der Waals surface area contributed by atoms with Gasteiger partial charge in [-0.05, 0) is 6.07 Å². The second kappa shape index (κ2) is 6.76. The number of hydrogen-bond acceptors (Lipinski definition) is 6. The molecule has 0 bridgehead atoms. The molecule has 114 valence electrons. The van der Waals surface area contributed by atoms with Crippen LogP contribution >= 0.6 is 0 Å². The first-order valence-corrected chi connectivity index (χ1v) is 6.93. The molecule has 0 radical (unpaired) electrons. The standard InChI is InChI=1S/C10H11N3O7S/c14-9(11-6-10(15)16)5-12-21(19,20)8-3-1-2-7(4-8)13(17)18/h1-4,12H,5-6H2,(H,11,14)(H,15,16). The highest BCUT2D eigenvalue weighted by atomic mass is 32.2. The number of carboxylic acid groups (broad SMARTS) is 1. The third kappa shape index (κ3) is 5.16. The minimum absolute atomic E-state index is 0.372. The molecule has 0 saturated carbocycles. The van der Waals surface area contributed by atoms with E-state index in [1.54, 1.807) is 0 Å². The summed E-state index contributed by atoms with van der Waals surface area (Å²) in [7, 11) is -4.11. The average molecular weight is 317 g/mol. The zero-order chi connectivity index (χ0) is 16.0. The molecule has 0 fully saturated rings. The predicted octanol–water partition coefficient (Wildman–Crippen LogP) is -0.926. The lowest BCUT2D eigenvalue weighted by Gasteiger charge is -2.06. The molecule has 1 aromatic carbocycles. The van der Waals surface area contributed by atoms with Crippen LogP contribution in [0, 0.1) is 10.1 Å². The number of rotatable bonds is 7. The van der Waals surface area contributed by atoms with Crippen molar-refractivity contribution in [1.29, 1.82) is 0 Å². The number of carbonyl (C=O) groups is 2. The molecular weight excluding hydrogens is 306 g/mol. The van der Waals surface area contributed by atoms with Crippen molar-refractivity contribution in [2.24, 2.45) is 0 Å². The van der Waals surface area contributed by atoms with Crippen LogP contribution in [0.4, 0.5) is 5.69 Å². The van der Waals surface area contributed by atoms with Gasteiger partial charge in [-0.1, -0.05) is 6.07 Å². The van der Waals surface area contributed by atoms with Crippen LogP contribution < -0.4 is 10.0 Å². The lowest BCUT2D eigenvalue weighted by atomic mass is 10.3. The van der Waals surface area contributed by atoms with Crippen LogP contribution in [0.3, 0.4) is 0 Å². The predicted molar refractivity (Wildman–Crippen MR) is 68.9 cm³/mol. The van der Waals surface area contributed by atoms with E-state index in [1.165, 1.54) is 6.07 Å². The SMILES string of the molecule is O=C(O)CNC(=O)CNS(=O)(=O)c1cccc([N+](=O)[O-])c1. The zero-order valence-corrected chi connectivity index (χ0v) is 11.3. The van der Waals surface area contributed by atoms with Crippen molar-refractivity contribution in [2.75, 3.05) is 13.1 Å². The van der Waals surface area contributed by atoms with E-state index in [9.17, 15) is 28.1 Å². The van der Waals surface area contributed by atoms with Crippen LogP contribution in [-0.4, -0.2) is 43.4 Å². The van der Waals surface area contributed by atoms with Crippen LogP contribution in [0.15, 0.2) is 29.2 Å². The Kier molecular flexibility index (Phi) is 5.32. The van der Waals surface area contributed by atoms with Crippen molar-refractivity contribution in [1.82, 2.24) is 10.0 Å². The maximum Gasteiger partial charge on any atom is 0.322 e. The van der Waals surface area contributed by atoms with E-state index in [2.05, 4.69) is 0 Å². The van der Waals surface area contributed by atoms with Gasteiger partial charge in [0.15, 0.2) is 0 Å². The van der Waals surface area contributed by atoms with Gasteiger partial charge in [-0.25, -0.2) is 13.1 Å². The average Bonchev–Trinajstić information content (AvgIpc) is 2.43. The largest absolute Gasteiger partial charge is 0.480 e. The number of sulfonamides is 1. The second-order valence-electron chi connectivity index (χ2n) is 3.75.